The number of H-pyrrole nitrogens is 2. The second-order valence-corrected chi connectivity index (χ2v) is 17.1. The van der Waals surface area contributed by atoms with Crippen LogP contribution >= 0.6 is 0 Å². The van der Waals surface area contributed by atoms with Crippen molar-refractivity contribution >= 4 is 63.4 Å². The molecule has 65 heavy (non-hydrogen) atoms. The number of benzene rings is 5. The van der Waals surface area contributed by atoms with E-state index in [4.69, 9.17) is 9.97 Å². The molecule has 0 radical (unpaired) electrons. The van der Waals surface area contributed by atoms with Crippen LogP contribution in [0.1, 0.15) is 22.8 Å². The Hall–Kier alpha value is -8.20. The number of anilines is 1. The third-order valence-electron chi connectivity index (χ3n) is 13.3. The molecule has 0 aliphatic carbocycles. The number of nitrogens with one attached hydrogen (secondary N) is 2. The number of imide groups is 1. The van der Waals surface area contributed by atoms with E-state index in [0.717, 1.165) is 94.9 Å². The summed E-state index contributed by atoms with van der Waals surface area (Å²) in [6, 6.07) is 58.8. The molecule has 4 aliphatic heterocycles. The van der Waals surface area contributed by atoms with E-state index in [2.05, 4.69) is 130 Å². The number of hydrogen-bond donors (Lipinski definition) is 2. The van der Waals surface area contributed by atoms with Gasteiger partial charge in [-0.2, -0.15) is 0 Å². The Morgan fingerprint density at radius 3 is 1.37 bits per heavy atom. The van der Waals surface area contributed by atoms with Crippen LogP contribution < -0.4 is 4.90 Å². The first-order valence-corrected chi connectivity index (χ1v) is 22.0. The molecule has 8 heteroatoms. The molecule has 4 aliphatic rings. The summed E-state index contributed by atoms with van der Waals surface area (Å²) in [5, 5.41) is 0. The monoisotopic (exact) mass is 842 g/mol. The van der Waals surface area contributed by atoms with Crippen LogP contribution in [-0.4, -0.2) is 56.3 Å². The summed E-state index contributed by atoms with van der Waals surface area (Å²) in [6.07, 6.45) is 6.40. The lowest BCUT2D eigenvalue weighted by atomic mass is 9.85. The van der Waals surface area contributed by atoms with Gasteiger partial charge in [-0.15, -0.1) is 0 Å². The maximum Gasteiger partial charge on any atom is 0.239 e. The zero-order chi connectivity index (χ0) is 43.6. The molecule has 3 aromatic heterocycles. The average molecular weight is 843 g/mol. The van der Waals surface area contributed by atoms with Gasteiger partial charge in [0.1, 0.15) is 0 Å². The van der Waals surface area contributed by atoms with E-state index in [0.29, 0.717) is 12.2 Å². The highest BCUT2D eigenvalue weighted by molar-refractivity contribution is 6.23. The molecule has 2 saturated heterocycles. The number of para-hydroxylation sites is 1. The number of carbonyl (C=O) groups is 2. The van der Waals surface area contributed by atoms with E-state index >= 15 is 0 Å². The summed E-state index contributed by atoms with van der Waals surface area (Å²) in [5.74, 6) is -1.49. The molecule has 0 unspecified atom stereocenters. The van der Waals surface area contributed by atoms with Gasteiger partial charge >= 0.3 is 0 Å². The van der Waals surface area contributed by atoms with Crippen LogP contribution in [0.15, 0.2) is 176 Å². The third kappa shape index (κ3) is 6.40. The zero-order valence-electron chi connectivity index (χ0n) is 35.5. The maximum absolute atomic E-state index is 14.8. The van der Waals surface area contributed by atoms with Crippen LogP contribution in [0.25, 0.3) is 90.4 Å². The normalized spacial score (nSPS) is 18.0. The summed E-state index contributed by atoms with van der Waals surface area (Å²) in [5.41, 5.74) is 16.0. The number of aromatic amines is 2. The molecule has 7 heterocycles. The highest BCUT2D eigenvalue weighted by Crippen LogP contribution is 2.48. The van der Waals surface area contributed by atoms with Crippen molar-refractivity contribution in [3.05, 3.63) is 199 Å². The van der Waals surface area contributed by atoms with Crippen LogP contribution in [0.2, 0.25) is 0 Å². The van der Waals surface area contributed by atoms with Gasteiger partial charge < -0.3 is 9.97 Å². The minimum Gasteiger partial charge on any atom is -0.354 e. The average Bonchev–Trinajstić information content (AvgIpc) is 4.23. The number of carbonyl (C=O) groups excluding carboxylic acids is 2. The van der Waals surface area contributed by atoms with Gasteiger partial charge in [-0.3, -0.25) is 14.5 Å². The molecule has 0 saturated carbocycles. The van der Waals surface area contributed by atoms with Crippen molar-refractivity contribution < 1.29 is 9.59 Å². The summed E-state index contributed by atoms with van der Waals surface area (Å²) < 4.78 is 0. The fraction of sp³-hybridized carbons (Fsp3) is 0.0877. The van der Waals surface area contributed by atoms with Gasteiger partial charge in [-0.25, -0.2) is 14.9 Å². The quantitative estimate of drug-likeness (QED) is 0.163. The molecule has 2 amide bonds. The molecular weight excluding hydrogens is 801 g/mol. The second-order valence-electron chi connectivity index (χ2n) is 17.1. The Morgan fingerprint density at radius 1 is 0.477 bits per heavy atom. The van der Waals surface area contributed by atoms with Crippen molar-refractivity contribution in [1.82, 2.24) is 24.8 Å². The number of aromatic nitrogens is 4. The Balaban J connectivity index is 1.22. The van der Waals surface area contributed by atoms with Crippen LogP contribution in [0.4, 0.5) is 5.69 Å². The van der Waals surface area contributed by atoms with Crippen molar-refractivity contribution in [2.45, 2.75) is 6.04 Å². The molecule has 12 rings (SSSR count). The van der Waals surface area contributed by atoms with E-state index in [1.54, 1.807) is 0 Å². The Kier molecular flexibility index (Phi) is 9.21. The smallest absolute Gasteiger partial charge is 0.239 e. The largest absolute Gasteiger partial charge is 0.354 e. The van der Waals surface area contributed by atoms with Gasteiger partial charge in [0.2, 0.25) is 11.8 Å². The predicted molar refractivity (Wildman–Crippen MR) is 262 cm³/mol. The van der Waals surface area contributed by atoms with Gasteiger partial charge in [0, 0.05) is 56.9 Å². The van der Waals surface area contributed by atoms with E-state index < -0.39 is 17.9 Å². The number of fused-ring (bicyclic) bond motifs is 9. The van der Waals surface area contributed by atoms with Gasteiger partial charge in [0.25, 0.3) is 0 Å². The fourth-order valence-electron chi connectivity index (χ4n) is 10.4. The number of rotatable bonds is 6. The number of likely N-dealkylation sites (N-methyl/N-ethyl adjacent to an activating group) is 1. The summed E-state index contributed by atoms with van der Waals surface area (Å²) in [6.45, 7) is 0.438. The molecule has 5 aromatic carbocycles. The molecule has 0 spiro atoms. The first kappa shape index (κ1) is 38.5. The molecular formula is C57H42N6O2. The van der Waals surface area contributed by atoms with E-state index in [1.807, 2.05) is 85.9 Å². The van der Waals surface area contributed by atoms with E-state index in [1.165, 1.54) is 4.90 Å². The minimum absolute atomic E-state index is 0.164. The van der Waals surface area contributed by atoms with E-state index in [-0.39, 0.29) is 11.8 Å². The number of likely N-dealkylation sites (tertiary alicyclic amines) is 1. The second kappa shape index (κ2) is 15.6. The van der Waals surface area contributed by atoms with Crippen LogP contribution in [-0.2, 0) is 9.59 Å². The standard InChI is InChI=1S/C57H42N6O2/c1-62-34-41-53(57(65)63(56(41)64)39-25-15-6-16-26-39)55(62)40-33-48-51(37-21-11-4-12-22-37)46-30-29-44(59-46)49(35-17-7-2-8-18-35)42-27-28-43(58-42)50(36-19-9-3-10-20-36)45-31-32-47(60-45)52(54(40)61-48)38-23-13-5-14-24-38/h2-33,41,53,55,59-60H,34H2,1H3/t41-,53-,55+/m0/s1. The molecule has 3 atom stereocenters. The first-order valence-electron chi connectivity index (χ1n) is 22.0. The molecule has 8 bridgehead atoms. The number of hydrogen-bond acceptors (Lipinski definition) is 5. The zero-order valence-corrected chi connectivity index (χ0v) is 35.5. The minimum atomic E-state index is -0.621. The predicted octanol–water partition coefficient (Wildman–Crippen LogP) is 11.8. The molecule has 8 aromatic rings. The van der Waals surface area contributed by atoms with Crippen molar-refractivity contribution in [3.63, 3.8) is 0 Å². The molecule has 2 fully saturated rings. The van der Waals surface area contributed by atoms with Crippen LogP contribution in [0.5, 0.6) is 0 Å². The number of nitrogens with zero attached hydrogens (tertiary/aromatic N) is 4. The SMILES string of the molecule is CN1C[C@@H]2C(=O)N(c3ccccc3)C(=O)[C@@H]2[C@H]1C1=Cc2nc1c(-c1ccccc1)c1ccc([nH]1)c(-c1ccccc1)c1nc(c(-c3ccccc3)c3ccc([nH]3)c2-c2ccccc2)C=C1. The summed E-state index contributed by atoms with van der Waals surface area (Å²) in [7, 11) is 2.03. The topological polar surface area (TPSA) is 98.0 Å². The van der Waals surface area contributed by atoms with Crippen molar-refractivity contribution in [3.8, 4) is 44.5 Å². The number of amides is 2. The fourth-order valence-corrected chi connectivity index (χ4v) is 10.4. The molecule has 2 N–H and O–H groups in total. The lowest BCUT2D eigenvalue weighted by molar-refractivity contribution is -0.123. The van der Waals surface area contributed by atoms with Crippen molar-refractivity contribution in [2.75, 3.05) is 18.5 Å². The third-order valence-corrected chi connectivity index (χ3v) is 13.3. The Bertz CT molecular complexity index is 3410. The van der Waals surface area contributed by atoms with Gasteiger partial charge in [0.05, 0.1) is 40.3 Å². The van der Waals surface area contributed by atoms with Crippen molar-refractivity contribution in [2.24, 2.45) is 11.8 Å². The molecule has 8 nitrogen and oxygen atoms in total. The lowest BCUT2D eigenvalue weighted by Crippen LogP contribution is -2.39. The Morgan fingerprint density at radius 2 is 0.892 bits per heavy atom. The van der Waals surface area contributed by atoms with Gasteiger partial charge in [-0.1, -0.05) is 140 Å². The van der Waals surface area contributed by atoms with Crippen LogP contribution in [0, 0.1) is 11.8 Å². The van der Waals surface area contributed by atoms with Gasteiger partial charge in [0.15, 0.2) is 0 Å². The summed E-state index contributed by atoms with van der Waals surface area (Å²) in [4.78, 5) is 51.6. The Labute approximate surface area is 375 Å². The molecule has 312 valence electrons. The van der Waals surface area contributed by atoms with Crippen molar-refractivity contribution in [1.29, 1.82) is 0 Å². The highest BCUT2D eigenvalue weighted by atomic mass is 16.2. The summed E-state index contributed by atoms with van der Waals surface area (Å²) >= 11 is 0. The maximum atomic E-state index is 14.8. The van der Waals surface area contributed by atoms with E-state index in [9.17, 15) is 9.59 Å². The lowest BCUT2D eigenvalue weighted by Gasteiger charge is -2.27. The first-order chi connectivity index (χ1) is 32.0. The van der Waals surface area contributed by atoms with Crippen LogP contribution in [0.3, 0.4) is 0 Å². The van der Waals surface area contributed by atoms with Gasteiger partial charge in [-0.05, 0) is 89.5 Å². The highest BCUT2D eigenvalue weighted by Gasteiger charge is 2.58.